The molecular formula is C16H25N3O3. The van der Waals surface area contributed by atoms with Crippen LogP contribution in [0.4, 0.5) is 5.69 Å². The summed E-state index contributed by atoms with van der Waals surface area (Å²) in [6.45, 7) is 3.79. The third-order valence-electron chi connectivity index (χ3n) is 4.82. The van der Waals surface area contributed by atoms with E-state index in [2.05, 4.69) is 20.9 Å². The van der Waals surface area contributed by atoms with Crippen LogP contribution in [0.15, 0.2) is 24.5 Å². The van der Waals surface area contributed by atoms with Crippen LogP contribution < -0.4 is 4.90 Å². The molecule has 1 unspecified atom stereocenters. The van der Waals surface area contributed by atoms with E-state index in [9.17, 15) is 15.3 Å². The van der Waals surface area contributed by atoms with Gasteiger partial charge in [-0.1, -0.05) is 0 Å². The first-order chi connectivity index (χ1) is 10.6. The SMILES string of the molecule is OC1[C@H](O)CN(CC2CCN(c3cccnc3)CC2)C[C@@H]1O. The van der Waals surface area contributed by atoms with Crippen LogP contribution >= 0.6 is 0 Å². The highest BCUT2D eigenvalue weighted by molar-refractivity contribution is 5.43. The zero-order valence-corrected chi connectivity index (χ0v) is 12.8. The molecule has 0 saturated carbocycles. The standard InChI is InChI=1S/C16H25N3O3/c20-14-10-18(11-15(21)16(14)22)9-12-3-6-19(7-4-12)13-2-1-5-17-8-13/h1-2,5,8,12,14-16,20-22H,3-4,6-7,9-11H2/t14-,15+,16?. The average molecular weight is 307 g/mol. The first kappa shape index (κ1) is 15.7. The van der Waals surface area contributed by atoms with E-state index in [1.165, 1.54) is 5.69 Å². The molecule has 3 heterocycles. The molecule has 122 valence electrons. The van der Waals surface area contributed by atoms with E-state index in [1.807, 2.05) is 12.3 Å². The third-order valence-corrected chi connectivity index (χ3v) is 4.82. The van der Waals surface area contributed by atoms with E-state index in [4.69, 9.17) is 0 Å². The Hall–Kier alpha value is -1.21. The van der Waals surface area contributed by atoms with E-state index in [0.717, 1.165) is 32.5 Å². The number of nitrogens with zero attached hydrogens (tertiary/aromatic N) is 3. The van der Waals surface area contributed by atoms with Crippen molar-refractivity contribution in [3.8, 4) is 0 Å². The summed E-state index contributed by atoms with van der Waals surface area (Å²) >= 11 is 0. The number of aliphatic hydroxyl groups excluding tert-OH is 3. The zero-order valence-electron chi connectivity index (χ0n) is 12.8. The van der Waals surface area contributed by atoms with Crippen LogP contribution in [0.1, 0.15) is 12.8 Å². The van der Waals surface area contributed by atoms with Crippen molar-refractivity contribution in [1.82, 2.24) is 9.88 Å². The molecule has 22 heavy (non-hydrogen) atoms. The van der Waals surface area contributed by atoms with Crippen molar-refractivity contribution in [1.29, 1.82) is 0 Å². The Morgan fingerprint density at radius 3 is 2.36 bits per heavy atom. The maximum absolute atomic E-state index is 9.77. The van der Waals surface area contributed by atoms with Crippen LogP contribution in [0, 0.1) is 5.92 Å². The van der Waals surface area contributed by atoms with Crippen LogP contribution in [-0.2, 0) is 0 Å². The van der Waals surface area contributed by atoms with Crippen LogP contribution in [0.5, 0.6) is 0 Å². The molecule has 0 radical (unpaired) electrons. The maximum Gasteiger partial charge on any atom is 0.108 e. The molecule has 2 aliphatic heterocycles. The number of hydrogen-bond acceptors (Lipinski definition) is 6. The van der Waals surface area contributed by atoms with Gasteiger partial charge in [0, 0.05) is 38.9 Å². The first-order valence-electron chi connectivity index (χ1n) is 8.05. The highest BCUT2D eigenvalue weighted by atomic mass is 16.4. The molecular weight excluding hydrogens is 282 g/mol. The van der Waals surface area contributed by atoms with Gasteiger partial charge in [0.2, 0.25) is 0 Å². The Labute approximate surface area is 131 Å². The lowest BCUT2D eigenvalue weighted by atomic mass is 9.94. The largest absolute Gasteiger partial charge is 0.389 e. The summed E-state index contributed by atoms with van der Waals surface area (Å²) in [4.78, 5) is 8.60. The lowest BCUT2D eigenvalue weighted by Crippen LogP contribution is -2.56. The molecule has 2 aliphatic rings. The minimum absolute atomic E-state index is 0.445. The van der Waals surface area contributed by atoms with Gasteiger partial charge in [0.25, 0.3) is 0 Å². The number of aromatic nitrogens is 1. The molecule has 0 aliphatic carbocycles. The van der Waals surface area contributed by atoms with Crippen LogP contribution in [0.3, 0.4) is 0 Å². The molecule has 0 bridgehead atoms. The number of hydrogen-bond donors (Lipinski definition) is 3. The minimum Gasteiger partial charge on any atom is -0.389 e. The number of likely N-dealkylation sites (tertiary alicyclic amines) is 1. The van der Waals surface area contributed by atoms with Crippen molar-refractivity contribution >= 4 is 5.69 Å². The second kappa shape index (κ2) is 6.91. The molecule has 0 amide bonds. The van der Waals surface area contributed by atoms with E-state index >= 15 is 0 Å². The van der Waals surface area contributed by atoms with E-state index < -0.39 is 18.3 Å². The van der Waals surface area contributed by atoms with Crippen molar-refractivity contribution < 1.29 is 15.3 Å². The molecule has 1 aromatic heterocycles. The van der Waals surface area contributed by atoms with Crippen molar-refractivity contribution in [2.75, 3.05) is 37.6 Å². The molecule has 2 fully saturated rings. The molecule has 1 aromatic rings. The molecule has 3 atom stereocenters. The smallest absolute Gasteiger partial charge is 0.108 e. The van der Waals surface area contributed by atoms with Gasteiger partial charge in [0.15, 0.2) is 0 Å². The van der Waals surface area contributed by atoms with Gasteiger partial charge < -0.3 is 20.2 Å². The summed E-state index contributed by atoms with van der Waals surface area (Å²) in [5, 5.41) is 29.1. The Bertz CT molecular complexity index is 453. The fraction of sp³-hybridized carbons (Fsp3) is 0.688. The highest BCUT2D eigenvalue weighted by Gasteiger charge is 2.34. The fourth-order valence-electron chi connectivity index (χ4n) is 3.50. The predicted molar refractivity (Wildman–Crippen MR) is 83.6 cm³/mol. The lowest BCUT2D eigenvalue weighted by Gasteiger charge is -2.40. The van der Waals surface area contributed by atoms with Gasteiger partial charge in [-0.15, -0.1) is 0 Å². The van der Waals surface area contributed by atoms with Gasteiger partial charge in [-0.2, -0.15) is 0 Å². The van der Waals surface area contributed by atoms with Gasteiger partial charge in [0.05, 0.1) is 24.1 Å². The molecule has 2 saturated heterocycles. The number of pyridine rings is 1. The normalized spacial score (nSPS) is 31.4. The van der Waals surface area contributed by atoms with E-state index in [-0.39, 0.29) is 0 Å². The van der Waals surface area contributed by atoms with Gasteiger partial charge in [-0.3, -0.25) is 9.88 Å². The van der Waals surface area contributed by atoms with Crippen LogP contribution in [-0.4, -0.2) is 76.2 Å². The summed E-state index contributed by atoms with van der Waals surface area (Å²) in [5.74, 6) is 0.572. The quantitative estimate of drug-likeness (QED) is 0.711. The molecule has 3 rings (SSSR count). The number of rotatable bonds is 3. The molecule has 6 nitrogen and oxygen atoms in total. The Kier molecular flexibility index (Phi) is 4.93. The Balaban J connectivity index is 1.48. The van der Waals surface area contributed by atoms with Crippen molar-refractivity contribution in [2.24, 2.45) is 5.92 Å². The van der Waals surface area contributed by atoms with Crippen molar-refractivity contribution in [3.05, 3.63) is 24.5 Å². The summed E-state index contributed by atoms with van der Waals surface area (Å²) < 4.78 is 0. The van der Waals surface area contributed by atoms with Crippen molar-refractivity contribution in [2.45, 2.75) is 31.2 Å². The average Bonchev–Trinajstić information content (AvgIpc) is 2.54. The molecule has 0 aromatic carbocycles. The highest BCUT2D eigenvalue weighted by Crippen LogP contribution is 2.24. The van der Waals surface area contributed by atoms with Crippen molar-refractivity contribution in [3.63, 3.8) is 0 Å². The van der Waals surface area contributed by atoms with Gasteiger partial charge in [0.1, 0.15) is 6.10 Å². The molecule has 0 spiro atoms. The first-order valence-corrected chi connectivity index (χ1v) is 8.05. The monoisotopic (exact) mass is 307 g/mol. The van der Waals surface area contributed by atoms with E-state index in [1.54, 1.807) is 6.20 Å². The topological polar surface area (TPSA) is 80.1 Å². The molecule has 3 N–H and O–H groups in total. The summed E-state index contributed by atoms with van der Waals surface area (Å²) in [6.07, 6.45) is 3.18. The molecule has 6 heteroatoms. The second-order valence-electron chi connectivity index (χ2n) is 6.49. The summed E-state index contributed by atoms with van der Waals surface area (Å²) in [6, 6.07) is 4.05. The van der Waals surface area contributed by atoms with Gasteiger partial charge >= 0.3 is 0 Å². The third kappa shape index (κ3) is 3.57. The zero-order chi connectivity index (χ0) is 15.5. The lowest BCUT2D eigenvalue weighted by molar-refractivity contribution is -0.112. The second-order valence-corrected chi connectivity index (χ2v) is 6.49. The Morgan fingerprint density at radius 1 is 1.09 bits per heavy atom. The number of β-amino-alcohol motifs (C(OH)–C–C–N with tert-alkyl or cyclic N) is 2. The number of aliphatic hydroxyl groups is 3. The van der Waals surface area contributed by atoms with Gasteiger partial charge in [-0.25, -0.2) is 0 Å². The number of piperidine rings is 2. The van der Waals surface area contributed by atoms with Crippen LogP contribution in [0.25, 0.3) is 0 Å². The summed E-state index contributed by atoms with van der Waals surface area (Å²) in [7, 11) is 0. The Morgan fingerprint density at radius 2 is 1.77 bits per heavy atom. The fourth-order valence-corrected chi connectivity index (χ4v) is 3.50. The summed E-state index contributed by atoms with van der Waals surface area (Å²) in [5.41, 5.74) is 1.17. The maximum atomic E-state index is 9.77. The minimum atomic E-state index is -1.01. The predicted octanol–water partition coefficient (Wildman–Crippen LogP) is -0.304. The van der Waals surface area contributed by atoms with Gasteiger partial charge in [-0.05, 0) is 30.9 Å². The van der Waals surface area contributed by atoms with Crippen LogP contribution in [0.2, 0.25) is 0 Å². The van der Waals surface area contributed by atoms with E-state index in [0.29, 0.717) is 19.0 Å². The number of anilines is 1.